The highest BCUT2D eigenvalue weighted by Crippen LogP contribution is 2.18. The molecule has 0 bridgehead atoms. The van der Waals surface area contributed by atoms with Crippen LogP contribution in [0.2, 0.25) is 0 Å². The molecule has 0 aromatic heterocycles. The van der Waals surface area contributed by atoms with E-state index in [0.29, 0.717) is 12.3 Å². The molecule has 7 heteroatoms. The van der Waals surface area contributed by atoms with E-state index in [2.05, 4.69) is 16.0 Å². The van der Waals surface area contributed by atoms with Crippen LogP contribution in [0.1, 0.15) is 19.8 Å². The SMILES string of the molecule is CCNC(=O)COc1ccc(NC(=O)C2CCNCC2)cc1.Cl. The summed E-state index contributed by atoms with van der Waals surface area (Å²) in [5.41, 5.74) is 0.744. The molecular formula is C16H24ClN3O3. The second-order valence-corrected chi connectivity index (χ2v) is 5.28. The Bertz CT molecular complexity index is 502. The van der Waals surface area contributed by atoms with Crippen molar-refractivity contribution in [3.8, 4) is 5.75 Å². The van der Waals surface area contributed by atoms with E-state index in [-0.39, 0.29) is 36.7 Å². The molecule has 2 amide bonds. The monoisotopic (exact) mass is 341 g/mol. The normalized spacial score (nSPS) is 14.5. The predicted molar refractivity (Wildman–Crippen MR) is 92.1 cm³/mol. The van der Waals surface area contributed by atoms with E-state index in [1.165, 1.54) is 0 Å². The van der Waals surface area contributed by atoms with Gasteiger partial charge in [-0.2, -0.15) is 0 Å². The third-order valence-electron chi connectivity index (χ3n) is 3.58. The van der Waals surface area contributed by atoms with E-state index in [1.54, 1.807) is 24.3 Å². The first-order valence-corrected chi connectivity index (χ1v) is 7.70. The molecule has 0 aliphatic carbocycles. The molecule has 3 N–H and O–H groups in total. The Labute approximate surface area is 142 Å². The van der Waals surface area contributed by atoms with Crippen molar-refractivity contribution in [1.82, 2.24) is 10.6 Å². The zero-order chi connectivity index (χ0) is 15.8. The van der Waals surface area contributed by atoms with Gasteiger partial charge in [-0.15, -0.1) is 12.4 Å². The van der Waals surface area contributed by atoms with Crippen LogP contribution in [0.4, 0.5) is 5.69 Å². The van der Waals surface area contributed by atoms with Crippen LogP contribution in [0.25, 0.3) is 0 Å². The van der Waals surface area contributed by atoms with Gasteiger partial charge in [0.1, 0.15) is 5.75 Å². The van der Waals surface area contributed by atoms with Gasteiger partial charge in [0.25, 0.3) is 5.91 Å². The van der Waals surface area contributed by atoms with Crippen LogP contribution in [0.15, 0.2) is 24.3 Å². The molecule has 1 saturated heterocycles. The summed E-state index contributed by atoms with van der Waals surface area (Å²) in [7, 11) is 0. The number of piperidine rings is 1. The molecule has 0 radical (unpaired) electrons. The van der Waals surface area contributed by atoms with Crippen molar-refractivity contribution in [2.75, 3.05) is 31.6 Å². The Morgan fingerprint density at radius 2 is 1.87 bits per heavy atom. The Morgan fingerprint density at radius 3 is 2.48 bits per heavy atom. The first-order valence-electron chi connectivity index (χ1n) is 7.70. The van der Waals surface area contributed by atoms with Crippen LogP contribution in [-0.2, 0) is 9.59 Å². The lowest BCUT2D eigenvalue weighted by molar-refractivity contribution is -0.123. The van der Waals surface area contributed by atoms with E-state index >= 15 is 0 Å². The Hall–Kier alpha value is -1.79. The van der Waals surface area contributed by atoms with Crippen LogP contribution >= 0.6 is 12.4 Å². The number of hydrogen-bond acceptors (Lipinski definition) is 4. The lowest BCUT2D eigenvalue weighted by atomic mass is 9.97. The zero-order valence-electron chi connectivity index (χ0n) is 13.3. The van der Waals surface area contributed by atoms with Crippen LogP contribution in [0, 0.1) is 5.92 Å². The fourth-order valence-electron chi connectivity index (χ4n) is 2.36. The number of amides is 2. The lowest BCUT2D eigenvalue weighted by Crippen LogP contribution is -2.34. The van der Waals surface area contributed by atoms with Gasteiger partial charge < -0.3 is 20.7 Å². The molecule has 1 aromatic rings. The second-order valence-electron chi connectivity index (χ2n) is 5.28. The number of carbonyl (C=O) groups excluding carboxylic acids is 2. The molecular weight excluding hydrogens is 318 g/mol. The fourth-order valence-corrected chi connectivity index (χ4v) is 2.36. The van der Waals surface area contributed by atoms with Gasteiger partial charge in [-0.05, 0) is 57.1 Å². The molecule has 0 unspecified atom stereocenters. The molecule has 1 aliphatic rings. The summed E-state index contributed by atoms with van der Waals surface area (Å²) in [4.78, 5) is 23.4. The van der Waals surface area contributed by atoms with Crippen molar-refractivity contribution < 1.29 is 14.3 Å². The van der Waals surface area contributed by atoms with Crippen LogP contribution < -0.4 is 20.7 Å². The molecule has 1 aromatic carbocycles. The quantitative estimate of drug-likeness (QED) is 0.733. The van der Waals surface area contributed by atoms with E-state index in [0.717, 1.165) is 31.6 Å². The zero-order valence-corrected chi connectivity index (χ0v) is 14.1. The smallest absolute Gasteiger partial charge is 0.257 e. The van der Waals surface area contributed by atoms with E-state index < -0.39 is 0 Å². The molecule has 128 valence electrons. The minimum absolute atomic E-state index is 0. The van der Waals surface area contributed by atoms with Crippen LogP contribution in [0.3, 0.4) is 0 Å². The van der Waals surface area contributed by atoms with Crippen molar-refractivity contribution in [2.24, 2.45) is 5.92 Å². The maximum Gasteiger partial charge on any atom is 0.257 e. The van der Waals surface area contributed by atoms with Gasteiger partial charge in [0.2, 0.25) is 5.91 Å². The minimum Gasteiger partial charge on any atom is -0.484 e. The van der Waals surface area contributed by atoms with E-state index in [4.69, 9.17) is 4.74 Å². The van der Waals surface area contributed by atoms with E-state index in [9.17, 15) is 9.59 Å². The van der Waals surface area contributed by atoms with Gasteiger partial charge in [0, 0.05) is 18.2 Å². The number of anilines is 1. The Balaban J connectivity index is 0.00000264. The third kappa shape index (κ3) is 6.46. The van der Waals surface area contributed by atoms with Crippen molar-refractivity contribution in [3.05, 3.63) is 24.3 Å². The van der Waals surface area contributed by atoms with Crippen molar-refractivity contribution in [1.29, 1.82) is 0 Å². The molecule has 2 rings (SSSR count). The summed E-state index contributed by atoms with van der Waals surface area (Å²) >= 11 is 0. The van der Waals surface area contributed by atoms with Crippen molar-refractivity contribution in [3.63, 3.8) is 0 Å². The number of benzene rings is 1. The van der Waals surface area contributed by atoms with Gasteiger partial charge in [-0.3, -0.25) is 9.59 Å². The van der Waals surface area contributed by atoms with Crippen molar-refractivity contribution >= 4 is 29.9 Å². The van der Waals surface area contributed by atoms with Gasteiger partial charge in [-0.25, -0.2) is 0 Å². The average Bonchev–Trinajstić information content (AvgIpc) is 2.55. The first-order chi connectivity index (χ1) is 10.7. The van der Waals surface area contributed by atoms with Crippen LogP contribution in [-0.4, -0.2) is 38.1 Å². The molecule has 23 heavy (non-hydrogen) atoms. The molecule has 1 heterocycles. The number of carbonyl (C=O) groups is 2. The molecule has 1 aliphatic heterocycles. The maximum atomic E-state index is 12.1. The maximum absolute atomic E-state index is 12.1. The fraction of sp³-hybridized carbons (Fsp3) is 0.500. The summed E-state index contributed by atoms with van der Waals surface area (Å²) < 4.78 is 5.36. The standard InChI is InChI=1S/C16H23N3O3.ClH/c1-2-18-15(20)11-22-14-5-3-13(4-6-14)19-16(21)12-7-9-17-10-8-12;/h3-6,12,17H,2,7-11H2,1H3,(H,18,20)(H,19,21);1H. The number of ether oxygens (including phenoxy) is 1. The lowest BCUT2D eigenvalue weighted by Gasteiger charge is -2.21. The van der Waals surface area contributed by atoms with Gasteiger partial charge >= 0.3 is 0 Å². The minimum atomic E-state index is -0.147. The van der Waals surface area contributed by atoms with Gasteiger partial charge in [-0.1, -0.05) is 0 Å². The summed E-state index contributed by atoms with van der Waals surface area (Å²) in [6.07, 6.45) is 1.75. The van der Waals surface area contributed by atoms with Crippen molar-refractivity contribution in [2.45, 2.75) is 19.8 Å². The summed E-state index contributed by atoms with van der Waals surface area (Å²) in [5.74, 6) is 0.601. The number of nitrogens with one attached hydrogen (secondary N) is 3. The highest BCUT2D eigenvalue weighted by atomic mass is 35.5. The molecule has 1 fully saturated rings. The van der Waals surface area contributed by atoms with Crippen LogP contribution in [0.5, 0.6) is 5.75 Å². The molecule has 0 spiro atoms. The summed E-state index contributed by atoms with van der Waals surface area (Å²) in [5, 5.41) is 8.83. The Kier molecular flexibility index (Phi) is 8.43. The number of halogens is 1. The average molecular weight is 342 g/mol. The topological polar surface area (TPSA) is 79.5 Å². The second kappa shape index (κ2) is 10.1. The Morgan fingerprint density at radius 1 is 1.22 bits per heavy atom. The third-order valence-corrected chi connectivity index (χ3v) is 3.58. The number of likely N-dealkylation sites (N-methyl/N-ethyl adjacent to an activating group) is 1. The largest absolute Gasteiger partial charge is 0.484 e. The van der Waals surface area contributed by atoms with Gasteiger partial charge in [0.15, 0.2) is 6.61 Å². The number of hydrogen-bond donors (Lipinski definition) is 3. The summed E-state index contributed by atoms with van der Waals surface area (Å²) in [6.45, 7) is 4.23. The van der Waals surface area contributed by atoms with Gasteiger partial charge in [0.05, 0.1) is 0 Å². The highest BCUT2D eigenvalue weighted by Gasteiger charge is 2.20. The van der Waals surface area contributed by atoms with E-state index in [1.807, 2.05) is 6.92 Å². The number of rotatable bonds is 6. The predicted octanol–water partition coefficient (Wildman–Crippen LogP) is 1.56. The highest BCUT2D eigenvalue weighted by molar-refractivity contribution is 5.92. The molecule has 0 saturated carbocycles. The molecule has 0 atom stereocenters. The summed E-state index contributed by atoms with van der Waals surface area (Å²) in [6, 6.07) is 7.06. The molecule has 6 nitrogen and oxygen atoms in total. The first kappa shape index (κ1) is 19.3.